The summed E-state index contributed by atoms with van der Waals surface area (Å²) >= 11 is 5.78. The first-order chi connectivity index (χ1) is 9.06. The standard InChI is InChI=1S/C14H13ClFNOS/c15-12-6-4-10(5-7-12)8-19(18)9-11-2-1-3-13(17)14(11)16/h1-7H,8-9,17H2. The maximum atomic E-state index is 13.7. The van der Waals surface area contributed by atoms with Crippen LogP contribution < -0.4 is 5.73 Å². The third-order valence-electron chi connectivity index (χ3n) is 2.67. The van der Waals surface area contributed by atoms with Crippen molar-refractivity contribution in [1.82, 2.24) is 0 Å². The first-order valence-electron chi connectivity index (χ1n) is 5.68. The van der Waals surface area contributed by atoms with Gasteiger partial charge in [0.15, 0.2) is 0 Å². The first-order valence-corrected chi connectivity index (χ1v) is 7.55. The van der Waals surface area contributed by atoms with Crippen LogP contribution in [0.2, 0.25) is 5.02 Å². The number of benzene rings is 2. The second-order valence-corrected chi connectivity index (χ2v) is 6.07. The molecule has 2 nitrogen and oxygen atoms in total. The molecule has 19 heavy (non-hydrogen) atoms. The average Bonchev–Trinajstić information content (AvgIpc) is 2.38. The molecule has 0 fully saturated rings. The van der Waals surface area contributed by atoms with Crippen LogP contribution in [0.4, 0.5) is 10.1 Å². The van der Waals surface area contributed by atoms with E-state index in [0.717, 1.165) is 5.56 Å². The molecule has 0 amide bonds. The van der Waals surface area contributed by atoms with Crippen LogP contribution in [0.25, 0.3) is 0 Å². The number of hydrogen-bond acceptors (Lipinski definition) is 2. The van der Waals surface area contributed by atoms with Gasteiger partial charge in [-0.15, -0.1) is 0 Å². The lowest BCUT2D eigenvalue weighted by Crippen LogP contribution is -2.03. The van der Waals surface area contributed by atoms with Gasteiger partial charge in [0, 0.05) is 27.1 Å². The second-order valence-electron chi connectivity index (χ2n) is 4.18. The second kappa shape index (κ2) is 6.17. The molecule has 2 aromatic carbocycles. The summed E-state index contributed by atoms with van der Waals surface area (Å²) in [5.41, 5.74) is 6.85. The van der Waals surface area contributed by atoms with Gasteiger partial charge in [0.05, 0.1) is 11.4 Å². The Bertz CT molecular complexity index is 601. The fraction of sp³-hybridized carbons (Fsp3) is 0.143. The minimum atomic E-state index is -1.19. The van der Waals surface area contributed by atoms with Gasteiger partial charge in [-0.05, 0) is 23.8 Å². The van der Waals surface area contributed by atoms with Crippen molar-refractivity contribution in [2.75, 3.05) is 5.73 Å². The highest BCUT2D eigenvalue weighted by molar-refractivity contribution is 7.83. The highest BCUT2D eigenvalue weighted by Gasteiger charge is 2.09. The summed E-state index contributed by atoms with van der Waals surface area (Å²) < 4.78 is 25.7. The molecule has 0 saturated carbocycles. The number of hydrogen-bond donors (Lipinski definition) is 1. The van der Waals surface area contributed by atoms with E-state index in [1.807, 2.05) is 12.1 Å². The normalized spacial score (nSPS) is 12.3. The Balaban J connectivity index is 2.05. The monoisotopic (exact) mass is 297 g/mol. The van der Waals surface area contributed by atoms with Crippen LogP contribution in [0.1, 0.15) is 11.1 Å². The molecule has 2 rings (SSSR count). The Morgan fingerprint density at radius 3 is 2.47 bits per heavy atom. The number of anilines is 1. The highest BCUT2D eigenvalue weighted by Crippen LogP contribution is 2.18. The van der Waals surface area contributed by atoms with Crippen LogP contribution in [0.15, 0.2) is 42.5 Å². The highest BCUT2D eigenvalue weighted by atomic mass is 35.5. The van der Waals surface area contributed by atoms with Crippen molar-refractivity contribution in [2.45, 2.75) is 11.5 Å². The Hall–Kier alpha value is -1.39. The Labute approximate surface area is 118 Å². The first kappa shape index (κ1) is 14.0. The van der Waals surface area contributed by atoms with E-state index in [9.17, 15) is 8.60 Å². The third kappa shape index (κ3) is 3.78. The van der Waals surface area contributed by atoms with Crippen LogP contribution in [-0.4, -0.2) is 4.21 Å². The van der Waals surface area contributed by atoms with Crippen molar-refractivity contribution in [3.8, 4) is 0 Å². The van der Waals surface area contributed by atoms with Crippen molar-refractivity contribution >= 4 is 28.1 Å². The topological polar surface area (TPSA) is 43.1 Å². The SMILES string of the molecule is Nc1cccc(CS(=O)Cc2ccc(Cl)cc2)c1F. The molecule has 1 unspecified atom stereocenters. The third-order valence-corrected chi connectivity index (χ3v) is 4.21. The fourth-order valence-corrected chi connectivity index (χ4v) is 3.06. The average molecular weight is 298 g/mol. The van der Waals surface area contributed by atoms with Gasteiger partial charge in [-0.2, -0.15) is 0 Å². The number of nitrogens with two attached hydrogens (primary N) is 1. The van der Waals surface area contributed by atoms with Crippen molar-refractivity contribution in [1.29, 1.82) is 0 Å². The van der Waals surface area contributed by atoms with Gasteiger partial charge < -0.3 is 5.73 Å². The van der Waals surface area contributed by atoms with Gasteiger partial charge in [0.2, 0.25) is 0 Å². The lowest BCUT2D eigenvalue weighted by atomic mass is 10.2. The quantitative estimate of drug-likeness (QED) is 0.878. The zero-order valence-corrected chi connectivity index (χ0v) is 11.7. The predicted molar refractivity (Wildman–Crippen MR) is 77.8 cm³/mol. The minimum Gasteiger partial charge on any atom is -0.396 e. The summed E-state index contributed by atoms with van der Waals surface area (Å²) in [5, 5.41) is 0.636. The van der Waals surface area contributed by atoms with Crippen LogP contribution in [0, 0.1) is 5.82 Å². The molecule has 0 heterocycles. The van der Waals surface area contributed by atoms with E-state index in [0.29, 0.717) is 16.3 Å². The number of rotatable bonds is 4. The molecular weight excluding hydrogens is 285 g/mol. The van der Waals surface area contributed by atoms with Crippen molar-refractivity contribution < 1.29 is 8.60 Å². The van der Waals surface area contributed by atoms with E-state index >= 15 is 0 Å². The molecule has 2 N–H and O–H groups in total. The fourth-order valence-electron chi connectivity index (χ4n) is 1.70. The molecule has 100 valence electrons. The van der Waals surface area contributed by atoms with Gasteiger partial charge in [-0.25, -0.2) is 4.39 Å². The zero-order valence-electron chi connectivity index (χ0n) is 10.1. The maximum Gasteiger partial charge on any atom is 0.150 e. The molecular formula is C14H13ClFNOS. The molecule has 5 heteroatoms. The summed E-state index contributed by atoms with van der Waals surface area (Å²) in [6.45, 7) is 0. The summed E-state index contributed by atoms with van der Waals surface area (Å²) in [6, 6.07) is 11.9. The lowest BCUT2D eigenvalue weighted by molar-refractivity contribution is 0.620. The predicted octanol–water partition coefficient (Wildman–Crippen LogP) is 3.51. The molecule has 2 aromatic rings. The summed E-state index contributed by atoms with van der Waals surface area (Å²) in [7, 11) is -1.19. The van der Waals surface area contributed by atoms with Crippen LogP contribution in [-0.2, 0) is 22.3 Å². The molecule has 0 aliphatic carbocycles. The molecule has 0 spiro atoms. The van der Waals surface area contributed by atoms with Crippen LogP contribution in [0.3, 0.4) is 0 Å². The van der Waals surface area contributed by atoms with Crippen molar-refractivity contribution in [3.63, 3.8) is 0 Å². The van der Waals surface area contributed by atoms with E-state index in [1.54, 1.807) is 24.3 Å². The Morgan fingerprint density at radius 2 is 1.79 bits per heavy atom. The molecule has 0 radical (unpaired) electrons. The summed E-state index contributed by atoms with van der Waals surface area (Å²) in [5.74, 6) is 0.0391. The molecule has 1 atom stereocenters. The van der Waals surface area contributed by atoms with E-state index in [4.69, 9.17) is 17.3 Å². The molecule has 0 aliphatic rings. The van der Waals surface area contributed by atoms with Crippen molar-refractivity contribution in [2.24, 2.45) is 0 Å². The maximum absolute atomic E-state index is 13.7. The minimum absolute atomic E-state index is 0.0843. The van der Waals surface area contributed by atoms with E-state index < -0.39 is 16.6 Å². The number of nitrogen functional groups attached to an aromatic ring is 1. The molecule has 0 bridgehead atoms. The van der Waals surface area contributed by atoms with Gasteiger partial charge in [0.25, 0.3) is 0 Å². The molecule has 0 aromatic heterocycles. The van der Waals surface area contributed by atoms with Crippen molar-refractivity contribution in [3.05, 3.63) is 64.4 Å². The Kier molecular flexibility index (Phi) is 4.56. The molecule has 0 saturated heterocycles. The van der Waals surface area contributed by atoms with Gasteiger partial charge in [-0.3, -0.25) is 4.21 Å². The van der Waals surface area contributed by atoms with E-state index in [-0.39, 0.29) is 11.4 Å². The van der Waals surface area contributed by atoms with Gasteiger partial charge in [0.1, 0.15) is 5.82 Å². The Morgan fingerprint density at radius 1 is 1.11 bits per heavy atom. The zero-order chi connectivity index (χ0) is 13.8. The summed E-state index contributed by atoms with van der Waals surface area (Å²) in [4.78, 5) is 0. The summed E-state index contributed by atoms with van der Waals surface area (Å²) in [6.07, 6.45) is 0. The van der Waals surface area contributed by atoms with Crippen LogP contribution >= 0.6 is 11.6 Å². The van der Waals surface area contributed by atoms with Gasteiger partial charge >= 0.3 is 0 Å². The number of halogens is 2. The van der Waals surface area contributed by atoms with Gasteiger partial charge in [-0.1, -0.05) is 35.9 Å². The van der Waals surface area contributed by atoms with Crippen LogP contribution in [0.5, 0.6) is 0 Å². The largest absolute Gasteiger partial charge is 0.396 e. The lowest BCUT2D eigenvalue weighted by Gasteiger charge is -2.06. The van der Waals surface area contributed by atoms with E-state index in [1.165, 1.54) is 6.07 Å². The smallest absolute Gasteiger partial charge is 0.150 e. The van der Waals surface area contributed by atoms with E-state index in [2.05, 4.69) is 0 Å². The molecule has 0 aliphatic heterocycles.